The SMILES string of the molecule is CCCCCCCC/C=C\CCCCCCCCCCCCCCCCCCCCOC(=O)CCCCCCC/C=C\CCCCCCCC. The fourth-order valence-electron chi connectivity index (χ4n) is 7.07. The van der Waals surface area contributed by atoms with Crippen LogP contribution in [0.2, 0.25) is 0 Å². The van der Waals surface area contributed by atoms with Crippen molar-refractivity contribution in [3.63, 3.8) is 0 Å². The average molecular weight is 701 g/mol. The van der Waals surface area contributed by atoms with Gasteiger partial charge < -0.3 is 4.74 Å². The number of ether oxygens (including phenoxy) is 1. The molecule has 0 fully saturated rings. The summed E-state index contributed by atoms with van der Waals surface area (Å²) in [7, 11) is 0. The van der Waals surface area contributed by atoms with Gasteiger partial charge in [-0.1, -0.05) is 224 Å². The average Bonchev–Trinajstić information content (AvgIpc) is 3.12. The summed E-state index contributed by atoms with van der Waals surface area (Å²) in [5.41, 5.74) is 0. The molecule has 0 aromatic rings. The van der Waals surface area contributed by atoms with Gasteiger partial charge in [0.1, 0.15) is 0 Å². The van der Waals surface area contributed by atoms with E-state index in [0.717, 1.165) is 19.3 Å². The Bertz CT molecular complexity index is 680. The summed E-state index contributed by atoms with van der Waals surface area (Å²) >= 11 is 0. The molecule has 0 rings (SSSR count). The summed E-state index contributed by atoms with van der Waals surface area (Å²) in [6, 6.07) is 0. The second-order valence-electron chi connectivity index (χ2n) is 15.7. The van der Waals surface area contributed by atoms with Crippen LogP contribution >= 0.6 is 0 Å². The van der Waals surface area contributed by atoms with Crippen molar-refractivity contribution in [1.29, 1.82) is 0 Å². The molecule has 0 saturated heterocycles. The lowest BCUT2D eigenvalue weighted by molar-refractivity contribution is -0.143. The molecule has 2 nitrogen and oxygen atoms in total. The highest BCUT2D eigenvalue weighted by molar-refractivity contribution is 5.69. The largest absolute Gasteiger partial charge is 0.466 e. The number of allylic oxidation sites excluding steroid dienone is 4. The first-order valence-electron chi connectivity index (χ1n) is 23.3. The van der Waals surface area contributed by atoms with E-state index in [1.807, 2.05) is 0 Å². The summed E-state index contributed by atoms with van der Waals surface area (Å²) in [5, 5.41) is 0. The molecule has 296 valence electrons. The van der Waals surface area contributed by atoms with Crippen molar-refractivity contribution in [3.8, 4) is 0 Å². The third-order valence-corrected chi connectivity index (χ3v) is 10.6. The zero-order valence-electron chi connectivity index (χ0n) is 34.6. The Labute approximate surface area is 316 Å². The van der Waals surface area contributed by atoms with Gasteiger partial charge in [-0.25, -0.2) is 0 Å². The van der Waals surface area contributed by atoms with E-state index in [4.69, 9.17) is 4.74 Å². The van der Waals surface area contributed by atoms with E-state index >= 15 is 0 Å². The van der Waals surface area contributed by atoms with Gasteiger partial charge in [-0.2, -0.15) is 0 Å². The normalized spacial score (nSPS) is 11.8. The highest BCUT2D eigenvalue weighted by atomic mass is 16.5. The van der Waals surface area contributed by atoms with Crippen LogP contribution in [0.3, 0.4) is 0 Å². The monoisotopic (exact) mass is 701 g/mol. The first kappa shape index (κ1) is 49.0. The van der Waals surface area contributed by atoms with Crippen LogP contribution in [0.15, 0.2) is 24.3 Å². The van der Waals surface area contributed by atoms with E-state index in [1.165, 1.54) is 231 Å². The maximum absolute atomic E-state index is 12.0. The molecule has 0 aliphatic heterocycles. The number of unbranched alkanes of at least 4 members (excludes halogenated alkanes) is 35. The minimum atomic E-state index is 0.0192. The molecule has 0 radical (unpaired) electrons. The van der Waals surface area contributed by atoms with Crippen molar-refractivity contribution in [2.45, 2.75) is 271 Å². The van der Waals surface area contributed by atoms with Crippen LogP contribution in [0.1, 0.15) is 271 Å². The standard InChI is InChI=1S/C48H92O2/c1-3-5-7-9-11-13-15-17-19-20-21-22-23-24-25-26-27-28-29-30-31-33-35-37-39-41-43-45-47-50-48(49)46-44-42-40-38-36-34-32-18-16-14-12-10-8-6-4-2/h17-19,32H,3-16,20-31,33-47H2,1-2H3/b19-17-,32-18-. The van der Waals surface area contributed by atoms with E-state index in [2.05, 4.69) is 38.2 Å². The quantitative estimate of drug-likeness (QED) is 0.0359. The van der Waals surface area contributed by atoms with E-state index in [0.29, 0.717) is 13.0 Å². The molecule has 0 N–H and O–H groups in total. The lowest BCUT2D eigenvalue weighted by atomic mass is 10.0. The zero-order valence-corrected chi connectivity index (χ0v) is 34.6. The molecule has 2 heteroatoms. The van der Waals surface area contributed by atoms with Gasteiger partial charge in [-0.05, 0) is 64.2 Å². The molecule has 0 aliphatic carbocycles. The predicted molar refractivity (Wildman–Crippen MR) is 225 cm³/mol. The van der Waals surface area contributed by atoms with Crippen molar-refractivity contribution in [2.24, 2.45) is 0 Å². The van der Waals surface area contributed by atoms with E-state index in [9.17, 15) is 4.79 Å². The van der Waals surface area contributed by atoms with Crippen LogP contribution in [0, 0.1) is 0 Å². The Morgan fingerprint density at radius 2 is 0.560 bits per heavy atom. The lowest BCUT2D eigenvalue weighted by Crippen LogP contribution is -2.05. The smallest absolute Gasteiger partial charge is 0.305 e. The molecule has 0 atom stereocenters. The maximum Gasteiger partial charge on any atom is 0.305 e. The zero-order chi connectivity index (χ0) is 36.1. The van der Waals surface area contributed by atoms with E-state index in [-0.39, 0.29) is 5.97 Å². The number of esters is 1. The van der Waals surface area contributed by atoms with E-state index < -0.39 is 0 Å². The summed E-state index contributed by atoms with van der Waals surface area (Å²) in [4.78, 5) is 12.0. The minimum Gasteiger partial charge on any atom is -0.466 e. The number of carbonyl (C=O) groups excluding carboxylic acids is 1. The molecular formula is C48H92O2. The van der Waals surface area contributed by atoms with Gasteiger partial charge in [0.05, 0.1) is 6.61 Å². The van der Waals surface area contributed by atoms with Crippen LogP contribution in [-0.2, 0) is 9.53 Å². The summed E-state index contributed by atoms with van der Waals surface area (Å²) in [6.45, 7) is 5.20. The lowest BCUT2D eigenvalue weighted by Gasteiger charge is -2.06. The fraction of sp³-hybridized carbons (Fsp3) is 0.896. The first-order valence-corrected chi connectivity index (χ1v) is 23.3. The van der Waals surface area contributed by atoms with Crippen LogP contribution in [0.5, 0.6) is 0 Å². The Morgan fingerprint density at radius 3 is 0.860 bits per heavy atom. The maximum atomic E-state index is 12.0. The highest BCUT2D eigenvalue weighted by Gasteiger charge is 2.03. The van der Waals surface area contributed by atoms with Crippen LogP contribution in [0.4, 0.5) is 0 Å². The van der Waals surface area contributed by atoms with Gasteiger partial charge in [-0.3, -0.25) is 4.79 Å². The number of hydrogen-bond acceptors (Lipinski definition) is 2. The first-order chi connectivity index (χ1) is 24.8. The van der Waals surface area contributed by atoms with Gasteiger partial charge in [0.15, 0.2) is 0 Å². The summed E-state index contributed by atoms with van der Waals surface area (Å²) in [6.07, 6.45) is 63.0. The van der Waals surface area contributed by atoms with Gasteiger partial charge >= 0.3 is 5.97 Å². The fourth-order valence-corrected chi connectivity index (χ4v) is 7.07. The molecule has 0 saturated carbocycles. The van der Waals surface area contributed by atoms with Gasteiger partial charge in [0.2, 0.25) is 0 Å². The predicted octanol–water partition coefficient (Wildman–Crippen LogP) is 17.3. The van der Waals surface area contributed by atoms with Crippen molar-refractivity contribution in [1.82, 2.24) is 0 Å². The Kier molecular flexibility index (Phi) is 45.0. The van der Waals surface area contributed by atoms with Gasteiger partial charge in [0.25, 0.3) is 0 Å². The number of rotatable bonds is 43. The third kappa shape index (κ3) is 45.0. The highest BCUT2D eigenvalue weighted by Crippen LogP contribution is 2.16. The second kappa shape index (κ2) is 46.0. The molecule has 0 unspecified atom stereocenters. The van der Waals surface area contributed by atoms with Crippen molar-refractivity contribution in [3.05, 3.63) is 24.3 Å². The van der Waals surface area contributed by atoms with Crippen molar-refractivity contribution in [2.75, 3.05) is 6.61 Å². The topological polar surface area (TPSA) is 26.3 Å². The molecule has 0 aromatic carbocycles. The Balaban J connectivity index is 3.18. The molecule has 50 heavy (non-hydrogen) atoms. The second-order valence-corrected chi connectivity index (χ2v) is 15.7. The Hall–Kier alpha value is -1.05. The molecule has 0 heterocycles. The molecule has 0 spiro atoms. The number of hydrogen-bond donors (Lipinski definition) is 0. The van der Waals surface area contributed by atoms with E-state index in [1.54, 1.807) is 0 Å². The van der Waals surface area contributed by atoms with Crippen LogP contribution < -0.4 is 0 Å². The van der Waals surface area contributed by atoms with Gasteiger partial charge in [-0.15, -0.1) is 0 Å². The summed E-state index contributed by atoms with van der Waals surface area (Å²) in [5.74, 6) is 0.0192. The molecular weight excluding hydrogens is 609 g/mol. The van der Waals surface area contributed by atoms with Crippen molar-refractivity contribution < 1.29 is 9.53 Å². The van der Waals surface area contributed by atoms with Crippen LogP contribution in [-0.4, -0.2) is 12.6 Å². The number of carbonyl (C=O) groups is 1. The minimum absolute atomic E-state index is 0.0192. The van der Waals surface area contributed by atoms with Crippen LogP contribution in [0.25, 0.3) is 0 Å². The summed E-state index contributed by atoms with van der Waals surface area (Å²) < 4.78 is 5.47. The molecule has 0 bridgehead atoms. The van der Waals surface area contributed by atoms with Crippen molar-refractivity contribution >= 4 is 5.97 Å². The van der Waals surface area contributed by atoms with Gasteiger partial charge in [0, 0.05) is 6.42 Å². The third-order valence-electron chi connectivity index (χ3n) is 10.6. The molecule has 0 amide bonds. The Morgan fingerprint density at radius 1 is 0.320 bits per heavy atom. The molecule has 0 aromatic heterocycles. The molecule has 0 aliphatic rings.